The number of amides is 2. The summed E-state index contributed by atoms with van der Waals surface area (Å²) in [7, 11) is 0. The van der Waals surface area contributed by atoms with E-state index in [1.54, 1.807) is 17.3 Å². The molecular formula is C16H16N4O4. The van der Waals surface area contributed by atoms with Gasteiger partial charge in [0.15, 0.2) is 0 Å². The van der Waals surface area contributed by atoms with Crippen LogP contribution in [0.25, 0.3) is 0 Å². The van der Waals surface area contributed by atoms with Crippen LogP contribution in [0.4, 0.5) is 0 Å². The van der Waals surface area contributed by atoms with Gasteiger partial charge in [0.1, 0.15) is 12.0 Å². The maximum absolute atomic E-state index is 12.2. The van der Waals surface area contributed by atoms with Crippen molar-refractivity contribution in [3.63, 3.8) is 0 Å². The van der Waals surface area contributed by atoms with Crippen LogP contribution >= 0.6 is 0 Å². The molecule has 2 aliphatic heterocycles. The second-order valence-corrected chi connectivity index (χ2v) is 6.51. The molecule has 0 radical (unpaired) electrons. The van der Waals surface area contributed by atoms with Gasteiger partial charge in [0.05, 0.1) is 6.42 Å². The zero-order valence-corrected chi connectivity index (χ0v) is 12.9. The highest BCUT2D eigenvalue weighted by molar-refractivity contribution is 5.92. The SMILES string of the molecule is O=C(Cc1cccnc1)N1CC2(C1)CN(C(=O)c1coc(=O)[nH]1)C2. The molecule has 0 unspecified atom stereocenters. The normalized spacial score (nSPS) is 18.2. The van der Waals surface area contributed by atoms with Crippen molar-refractivity contribution in [2.75, 3.05) is 26.2 Å². The van der Waals surface area contributed by atoms with E-state index >= 15 is 0 Å². The number of likely N-dealkylation sites (tertiary alicyclic amines) is 2. The van der Waals surface area contributed by atoms with Crippen molar-refractivity contribution in [1.29, 1.82) is 0 Å². The Bertz CT molecular complexity index is 827. The van der Waals surface area contributed by atoms with Gasteiger partial charge in [0.25, 0.3) is 5.91 Å². The number of aromatic nitrogens is 2. The molecule has 0 aliphatic carbocycles. The largest absolute Gasteiger partial charge is 0.416 e. The topological polar surface area (TPSA) is 99.5 Å². The van der Waals surface area contributed by atoms with Gasteiger partial charge in [-0.3, -0.25) is 19.6 Å². The summed E-state index contributed by atoms with van der Waals surface area (Å²) in [6.45, 7) is 2.51. The fraction of sp³-hybridized carbons (Fsp3) is 0.375. The zero-order valence-electron chi connectivity index (χ0n) is 12.9. The Morgan fingerprint density at radius 1 is 1.25 bits per heavy atom. The van der Waals surface area contributed by atoms with Gasteiger partial charge in [-0.15, -0.1) is 0 Å². The van der Waals surface area contributed by atoms with Crippen molar-refractivity contribution in [3.8, 4) is 0 Å². The van der Waals surface area contributed by atoms with E-state index in [0.717, 1.165) is 11.8 Å². The lowest BCUT2D eigenvalue weighted by Crippen LogP contribution is -2.73. The molecule has 0 bridgehead atoms. The average Bonchev–Trinajstić information content (AvgIpc) is 2.92. The van der Waals surface area contributed by atoms with Crippen molar-refractivity contribution in [3.05, 3.63) is 52.6 Å². The molecule has 0 aromatic carbocycles. The number of hydrogen-bond donors (Lipinski definition) is 1. The Kier molecular flexibility index (Phi) is 3.26. The first kappa shape index (κ1) is 14.7. The number of nitrogens with one attached hydrogen (secondary N) is 1. The highest BCUT2D eigenvalue weighted by atomic mass is 16.4. The van der Waals surface area contributed by atoms with Gasteiger partial charge in [-0.25, -0.2) is 4.79 Å². The molecule has 2 fully saturated rings. The molecule has 0 atom stereocenters. The van der Waals surface area contributed by atoms with E-state index in [2.05, 4.69) is 14.4 Å². The van der Waals surface area contributed by atoms with Gasteiger partial charge in [-0.1, -0.05) is 6.07 Å². The van der Waals surface area contributed by atoms with Gasteiger partial charge >= 0.3 is 5.76 Å². The fourth-order valence-electron chi connectivity index (χ4n) is 3.39. The first-order valence-electron chi connectivity index (χ1n) is 7.68. The lowest BCUT2D eigenvalue weighted by Gasteiger charge is -2.60. The highest BCUT2D eigenvalue weighted by Gasteiger charge is 2.54. The third-order valence-corrected chi connectivity index (χ3v) is 4.57. The van der Waals surface area contributed by atoms with E-state index < -0.39 is 5.76 Å². The van der Waals surface area contributed by atoms with Gasteiger partial charge in [0.2, 0.25) is 5.91 Å². The number of aromatic amines is 1. The summed E-state index contributed by atoms with van der Waals surface area (Å²) in [4.78, 5) is 45.1. The van der Waals surface area contributed by atoms with Gasteiger partial charge in [-0.2, -0.15) is 0 Å². The van der Waals surface area contributed by atoms with E-state index in [-0.39, 0.29) is 22.9 Å². The highest BCUT2D eigenvalue weighted by Crippen LogP contribution is 2.40. The Hall–Kier alpha value is -2.90. The zero-order chi connectivity index (χ0) is 16.7. The average molecular weight is 328 g/mol. The predicted octanol–water partition coefficient (Wildman–Crippen LogP) is -0.110. The summed E-state index contributed by atoms with van der Waals surface area (Å²) in [5, 5.41) is 0. The van der Waals surface area contributed by atoms with Crippen LogP contribution in [0.2, 0.25) is 0 Å². The lowest BCUT2D eigenvalue weighted by atomic mass is 9.72. The van der Waals surface area contributed by atoms with Crippen LogP contribution in [0.5, 0.6) is 0 Å². The molecule has 8 heteroatoms. The fourth-order valence-corrected chi connectivity index (χ4v) is 3.39. The molecule has 2 saturated heterocycles. The van der Waals surface area contributed by atoms with Crippen molar-refractivity contribution >= 4 is 11.8 Å². The second kappa shape index (κ2) is 5.33. The minimum Gasteiger partial charge on any atom is -0.416 e. The van der Waals surface area contributed by atoms with Gasteiger partial charge < -0.3 is 14.2 Å². The van der Waals surface area contributed by atoms with Crippen molar-refractivity contribution in [2.45, 2.75) is 6.42 Å². The molecule has 2 aromatic heterocycles. The molecule has 2 aliphatic rings. The first-order chi connectivity index (χ1) is 11.5. The minimum absolute atomic E-state index is 0.00425. The molecule has 1 N–H and O–H groups in total. The standard InChI is InChI=1S/C16H16N4O4/c21-13(4-11-2-1-3-17-5-11)19-7-16(8-19)9-20(10-16)14(22)12-6-24-15(23)18-12/h1-3,5-6H,4,7-10H2,(H,18,23). The summed E-state index contributed by atoms with van der Waals surface area (Å²) >= 11 is 0. The number of H-pyrrole nitrogens is 1. The minimum atomic E-state index is -0.635. The monoisotopic (exact) mass is 328 g/mol. The van der Waals surface area contributed by atoms with E-state index in [4.69, 9.17) is 0 Å². The Morgan fingerprint density at radius 3 is 2.62 bits per heavy atom. The van der Waals surface area contributed by atoms with Crippen LogP contribution in [0, 0.1) is 5.41 Å². The number of carbonyl (C=O) groups is 2. The summed E-state index contributed by atoms with van der Waals surface area (Å²) in [5.41, 5.74) is 1.07. The Balaban J connectivity index is 1.29. The summed E-state index contributed by atoms with van der Waals surface area (Å²) < 4.78 is 4.59. The maximum Gasteiger partial charge on any atom is 0.416 e. The van der Waals surface area contributed by atoms with Crippen LogP contribution in [0.3, 0.4) is 0 Å². The van der Waals surface area contributed by atoms with Crippen LogP contribution in [0.15, 0.2) is 40.0 Å². The Labute approximate surface area is 137 Å². The molecular weight excluding hydrogens is 312 g/mol. The van der Waals surface area contributed by atoms with Crippen LogP contribution < -0.4 is 5.76 Å². The van der Waals surface area contributed by atoms with Crippen LogP contribution in [0.1, 0.15) is 16.1 Å². The van der Waals surface area contributed by atoms with E-state index in [9.17, 15) is 14.4 Å². The number of nitrogens with zero attached hydrogens (tertiary/aromatic N) is 3. The summed E-state index contributed by atoms with van der Waals surface area (Å²) in [5.74, 6) is -0.798. The molecule has 8 nitrogen and oxygen atoms in total. The number of pyridine rings is 1. The summed E-state index contributed by atoms with van der Waals surface area (Å²) in [6, 6.07) is 3.70. The maximum atomic E-state index is 12.2. The Morgan fingerprint density at radius 2 is 2.00 bits per heavy atom. The summed E-state index contributed by atoms with van der Waals surface area (Å²) in [6.07, 6.45) is 4.87. The second-order valence-electron chi connectivity index (χ2n) is 6.51. The molecule has 2 amide bonds. The smallest absolute Gasteiger partial charge is 0.416 e. The molecule has 1 spiro atoms. The number of oxazole rings is 1. The van der Waals surface area contributed by atoms with Crippen molar-refractivity contribution in [2.24, 2.45) is 5.41 Å². The van der Waals surface area contributed by atoms with Crippen LogP contribution in [-0.4, -0.2) is 57.8 Å². The molecule has 24 heavy (non-hydrogen) atoms. The van der Waals surface area contributed by atoms with Crippen LogP contribution in [-0.2, 0) is 11.2 Å². The predicted molar refractivity (Wildman–Crippen MR) is 82.2 cm³/mol. The molecule has 4 heterocycles. The number of rotatable bonds is 3. The van der Waals surface area contributed by atoms with Crippen molar-refractivity contribution in [1.82, 2.24) is 19.8 Å². The molecule has 4 rings (SSSR count). The third-order valence-electron chi connectivity index (χ3n) is 4.57. The molecule has 0 saturated carbocycles. The number of hydrogen-bond acceptors (Lipinski definition) is 5. The van der Waals surface area contributed by atoms with E-state index in [1.165, 1.54) is 0 Å². The lowest BCUT2D eigenvalue weighted by molar-refractivity contribution is -0.153. The quantitative estimate of drug-likeness (QED) is 0.847. The van der Waals surface area contributed by atoms with Crippen molar-refractivity contribution < 1.29 is 14.0 Å². The molecule has 2 aromatic rings. The van der Waals surface area contributed by atoms with E-state index in [1.807, 2.05) is 17.0 Å². The number of carbonyl (C=O) groups excluding carboxylic acids is 2. The van der Waals surface area contributed by atoms with Gasteiger partial charge in [-0.05, 0) is 11.6 Å². The first-order valence-corrected chi connectivity index (χ1v) is 7.68. The van der Waals surface area contributed by atoms with Gasteiger partial charge in [0, 0.05) is 44.0 Å². The third kappa shape index (κ3) is 2.49. The van der Waals surface area contributed by atoms with E-state index in [0.29, 0.717) is 32.6 Å². The molecule has 124 valence electrons.